The van der Waals surface area contributed by atoms with Crippen LogP contribution in [0.5, 0.6) is 0 Å². The van der Waals surface area contributed by atoms with Crippen molar-refractivity contribution in [2.24, 2.45) is 0 Å². The van der Waals surface area contributed by atoms with Crippen LogP contribution in [0.2, 0.25) is 0 Å². The molecule has 4 aromatic rings. The number of rotatable bonds is 5. The molecule has 1 amide bonds. The first kappa shape index (κ1) is 19.4. The number of nitrogens with zero attached hydrogens (tertiary/aromatic N) is 3. The molecule has 1 atom stereocenters. The Morgan fingerprint density at radius 2 is 2.06 bits per heavy atom. The smallest absolute Gasteiger partial charge is 0.315 e. The van der Waals surface area contributed by atoms with Crippen molar-refractivity contribution in [1.29, 1.82) is 0 Å². The lowest BCUT2D eigenvalue weighted by Gasteiger charge is -2.08. The highest BCUT2D eigenvalue weighted by atomic mass is 32.1. The van der Waals surface area contributed by atoms with Crippen LogP contribution in [0, 0.1) is 0 Å². The number of benzene rings is 2. The molecule has 1 aliphatic carbocycles. The van der Waals surface area contributed by atoms with Crippen molar-refractivity contribution in [3.05, 3.63) is 71.0 Å². The fourth-order valence-corrected chi connectivity index (χ4v) is 4.90. The summed E-state index contributed by atoms with van der Waals surface area (Å²) in [5.74, 6) is -0.838. The van der Waals surface area contributed by atoms with Gasteiger partial charge in [0, 0.05) is 16.1 Å². The third kappa shape index (κ3) is 3.59. The average molecular weight is 433 g/mol. The van der Waals surface area contributed by atoms with Gasteiger partial charge >= 0.3 is 5.97 Å². The number of nitrogens with one attached hydrogen (secondary N) is 1. The maximum atomic E-state index is 12.8. The van der Waals surface area contributed by atoms with E-state index < -0.39 is 0 Å². The molecule has 0 fully saturated rings. The van der Waals surface area contributed by atoms with Gasteiger partial charge in [0.05, 0.1) is 23.3 Å². The van der Waals surface area contributed by atoms with Crippen LogP contribution in [0.3, 0.4) is 0 Å². The molecule has 0 saturated heterocycles. The van der Waals surface area contributed by atoms with Crippen molar-refractivity contribution in [2.45, 2.75) is 25.7 Å². The van der Waals surface area contributed by atoms with Crippen molar-refractivity contribution in [3.8, 4) is 5.69 Å². The van der Waals surface area contributed by atoms with E-state index in [2.05, 4.69) is 15.3 Å². The maximum Gasteiger partial charge on any atom is 0.315 e. The normalized spacial score (nSPS) is 15.1. The number of hydrogen-bond acceptors (Lipinski definition) is 6. The number of carbonyl (C=O) groups is 2. The molecule has 31 heavy (non-hydrogen) atoms. The highest BCUT2D eigenvalue weighted by Crippen LogP contribution is 2.39. The first-order valence-electron chi connectivity index (χ1n) is 10.1. The van der Waals surface area contributed by atoms with Crippen LogP contribution in [0.4, 0.5) is 5.13 Å². The van der Waals surface area contributed by atoms with E-state index in [1.165, 1.54) is 11.3 Å². The zero-order valence-electron chi connectivity index (χ0n) is 16.9. The van der Waals surface area contributed by atoms with Gasteiger partial charge in [-0.05, 0) is 50.1 Å². The highest BCUT2D eigenvalue weighted by molar-refractivity contribution is 7.16. The van der Waals surface area contributed by atoms with Gasteiger partial charge in [-0.2, -0.15) is 0 Å². The molecule has 156 valence electrons. The van der Waals surface area contributed by atoms with E-state index in [1.807, 2.05) is 41.0 Å². The molecular weight excluding hydrogens is 412 g/mol. The van der Waals surface area contributed by atoms with Gasteiger partial charge < -0.3 is 4.74 Å². The Morgan fingerprint density at radius 1 is 1.23 bits per heavy atom. The van der Waals surface area contributed by atoms with Crippen LogP contribution in [0.15, 0.2) is 54.9 Å². The molecule has 7 nitrogen and oxygen atoms in total. The van der Waals surface area contributed by atoms with Crippen LogP contribution >= 0.6 is 11.3 Å². The highest BCUT2D eigenvalue weighted by Gasteiger charge is 2.33. The van der Waals surface area contributed by atoms with Crippen molar-refractivity contribution < 1.29 is 14.3 Å². The molecule has 5 rings (SSSR count). The molecule has 0 radical (unpaired) electrons. The minimum absolute atomic E-state index is 0.246. The number of hydrogen-bond donors (Lipinski definition) is 1. The van der Waals surface area contributed by atoms with E-state index in [-0.39, 0.29) is 17.8 Å². The predicted octanol–water partition coefficient (Wildman–Crippen LogP) is 4.33. The second-order valence-electron chi connectivity index (χ2n) is 7.28. The second kappa shape index (κ2) is 7.96. The van der Waals surface area contributed by atoms with E-state index in [4.69, 9.17) is 4.74 Å². The molecule has 1 aliphatic rings. The standard InChI is InChI=1S/C23H20N4O3S/c1-2-30-22(29)16-9-11-19-20(16)25-23(31-19)26-21(28)14-8-10-18-17(12-14)24-13-27(18)15-6-4-3-5-7-15/h3-8,10,12-13,16H,2,9,11H2,1H3,(H,25,26,28)/t16-/m1/s1. The summed E-state index contributed by atoms with van der Waals surface area (Å²) in [6, 6.07) is 15.4. The molecule has 0 aliphatic heterocycles. The van der Waals surface area contributed by atoms with Crippen LogP contribution < -0.4 is 5.32 Å². The van der Waals surface area contributed by atoms with Crippen molar-refractivity contribution in [2.75, 3.05) is 11.9 Å². The third-order valence-electron chi connectivity index (χ3n) is 5.35. The van der Waals surface area contributed by atoms with E-state index in [1.54, 1.807) is 25.4 Å². The minimum Gasteiger partial charge on any atom is -0.465 e. The van der Waals surface area contributed by atoms with Gasteiger partial charge in [-0.15, -0.1) is 11.3 Å². The zero-order chi connectivity index (χ0) is 21.4. The summed E-state index contributed by atoms with van der Waals surface area (Å²) >= 11 is 1.42. The van der Waals surface area contributed by atoms with E-state index >= 15 is 0 Å². The van der Waals surface area contributed by atoms with Crippen LogP contribution in [0.1, 0.15) is 40.2 Å². The number of carbonyl (C=O) groups excluding carboxylic acids is 2. The number of fused-ring (bicyclic) bond motifs is 2. The molecular formula is C23H20N4O3S. The third-order valence-corrected chi connectivity index (χ3v) is 6.40. The van der Waals surface area contributed by atoms with Gasteiger partial charge in [-0.25, -0.2) is 9.97 Å². The second-order valence-corrected chi connectivity index (χ2v) is 8.36. The van der Waals surface area contributed by atoms with Gasteiger partial charge in [0.25, 0.3) is 5.91 Å². The lowest BCUT2D eigenvalue weighted by atomic mass is 10.1. The van der Waals surface area contributed by atoms with Gasteiger partial charge in [0.2, 0.25) is 0 Å². The molecule has 0 spiro atoms. The van der Waals surface area contributed by atoms with E-state index in [9.17, 15) is 9.59 Å². The van der Waals surface area contributed by atoms with Crippen LogP contribution in [0.25, 0.3) is 16.7 Å². The quantitative estimate of drug-likeness (QED) is 0.475. The number of esters is 1. The number of imidazole rings is 1. The Balaban J connectivity index is 1.36. The van der Waals surface area contributed by atoms with Crippen molar-refractivity contribution >= 4 is 39.4 Å². The van der Waals surface area contributed by atoms with Crippen molar-refractivity contribution in [1.82, 2.24) is 14.5 Å². The molecule has 0 unspecified atom stereocenters. The lowest BCUT2D eigenvalue weighted by molar-refractivity contribution is -0.145. The van der Waals surface area contributed by atoms with E-state index in [0.717, 1.165) is 33.7 Å². The molecule has 0 bridgehead atoms. The summed E-state index contributed by atoms with van der Waals surface area (Å²) in [4.78, 5) is 34.9. The molecule has 1 N–H and O–H groups in total. The number of amides is 1. The fraction of sp³-hybridized carbons (Fsp3) is 0.217. The Morgan fingerprint density at radius 3 is 2.87 bits per heavy atom. The number of anilines is 1. The number of aryl methyl sites for hydroxylation is 1. The Kier molecular flexibility index (Phi) is 4.99. The number of ether oxygens (including phenoxy) is 1. The summed E-state index contributed by atoms with van der Waals surface area (Å²) in [5, 5.41) is 3.36. The average Bonchev–Trinajstić information content (AvgIpc) is 3.47. The Labute approximate surface area is 182 Å². The monoisotopic (exact) mass is 432 g/mol. The summed E-state index contributed by atoms with van der Waals surface area (Å²) < 4.78 is 7.13. The summed E-state index contributed by atoms with van der Waals surface area (Å²) in [6.45, 7) is 2.14. The van der Waals surface area contributed by atoms with Crippen molar-refractivity contribution in [3.63, 3.8) is 0 Å². The maximum absolute atomic E-state index is 12.8. The summed E-state index contributed by atoms with van der Waals surface area (Å²) in [5.41, 5.74) is 3.91. The number of aromatic nitrogens is 3. The summed E-state index contributed by atoms with van der Waals surface area (Å²) in [7, 11) is 0. The Bertz CT molecular complexity index is 1280. The summed E-state index contributed by atoms with van der Waals surface area (Å²) in [6.07, 6.45) is 3.24. The van der Waals surface area contributed by atoms with Gasteiger partial charge in [0.1, 0.15) is 12.2 Å². The minimum atomic E-state index is -0.338. The first-order chi connectivity index (χ1) is 15.1. The van der Waals surface area contributed by atoms with Crippen LogP contribution in [-0.4, -0.2) is 33.0 Å². The SMILES string of the molecule is CCOC(=O)[C@@H]1CCc2sc(NC(=O)c3ccc4c(c3)ncn4-c3ccccc3)nc21. The lowest BCUT2D eigenvalue weighted by Crippen LogP contribution is -2.15. The topological polar surface area (TPSA) is 86.1 Å². The number of thiazole rings is 1. The Hall–Kier alpha value is -3.52. The number of para-hydroxylation sites is 1. The molecule has 2 heterocycles. The molecule has 8 heteroatoms. The molecule has 0 saturated carbocycles. The predicted molar refractivity (Wildman–Crippen MR) is 119 cm³/mol. The fourth-order valence-electron chi connectivity index (χ4n) is 3.87. The van der Waals surface area contributed by atoms with E-state index in [0.29, 0.717) is 23.7 Å². The first-order valence-corrected chi connectivity index (χ1v) is 11.0. The van der Waals surface area contributed by atoms with Crippen LogP contribution in [-0.2, 0) is 16.0 Å². The van der Waals surface area contributed by atoms with Gasteiger partial charge in [-0.1, -0.05) is 18.2 Å². The van der Waals surface area contributed by atoms with Gasteiger partial charge in [0.15, 0.2) is 5.13 Å². The molecule has 2 aromatic carbocycles. The molecule has 2 aromatic heterocycles. The van der Waals surface area contributed by atoms with Gasteiger partial charge in [-0.3, -0.25) is 19.5 Å². The largest absolute Gasteiger partial charge is 0.465 e. The zero-order valence-corrected chi connectivity index (χ0v) is 17.7.